The smallest absolute Gasteiger partial charge is 0.410 e. The summed E-state index contributed by atoms with van der Waals surface area (Å²) in [6, 6.07) is 13.7. The number of carbonyl (C=O) groups is 2. The lowest BCUT2D eigenvalue weighted by Gasteiger charge is -2.37. The molecule has 3 heterocycles. The largest absolute Gasteiger partial charge is 0.444 e. The maximum atomic E-state index is 13.1. The number of piperidine rings is 1. The van der Waals surface area contributed by atoms with Gasteiger partial charge in [0.15, 0.2) is 0 Å². The van der Waals surface area contributed by atoms with Gasteiger partial charge < -0.3 is 19.4 Å². The second-order valence-electron chi connectivity index (χ2n) is 9.78. The highest BCUT2D eigenvalue weighted by Crippen LogP contribution is 2.32. The van der Waals surface area contributed by atoms with Gasteiger partial charge in [0.2, 0.25) is 0 Å². The minimum Gasteiger partial charge on any atom is -0.444 e. The Labute approximate surface area is 196 Å². The van der Waals surface area contributed by atoms with Gasteiger partial charge in [-0.2, -0.15) is 0 Å². The van der Waals surface area contributed by atoms with Crippen LogP contribution < -0.4 is 4.90 Å². The Balaban J connectivity index is 1.39. The number of hydrogen-bond donors (Lipinski definition) is 0. The van der Waals surface area contributed by atoms with E-state index >= 15 is 0 Å². The average molecular weight is 451 g/mol. The molecule has 2 amide bonds. The summed E-state index contributed by atoms with van der Waals surface area (Å²) in [5, 5.41) is 0. The number of amides is 2. The molecule has 33 heavy (non-hydrogen) atoms. The third-order valence-corrected chi connectivity index (χ3v) is 6.20. The highest BCUT2D eigenvalue weighted by molar-refractivity contribution is 5.94. The second kappa shape index (κ2) is 9.81. The number of likely N-dealkylation sites (tertiary alicyclic amines) is 1. The van der Waals surface area contributed by atoms with Crippen molar-refractivity contribution in [2.75, 3.05) is 37.6 Å². The van der Waals surface area contributed by atoms with E-state index in [9.17, 15) is 9.59 Å². The molecule has 2 fully saturated rings. The van der Waals surface area contributed by atoms with Crippen LogP contribution >= 0.6 is 0 Å². The molecule has 0 radical (unpaired) electrons. The summed E-state index contributed by atoms with van der Waals surface area (Å²) in [5.74, 6) is 0.988. The third kappa shape index (κ3) is 5.64. The summed E-state index contributed by atoms with van der Waals surface area (Å²) in [6.45, 7) is 9.07. The van der Waals surface area contributed by atoms with Crippen molar-refractivity contribution in [3.8, 4) is 0 Å². The predicted octanol–water partition coefficient (Wildman–Crippen LogP) is 4.51. The Morgan fingerprint density at radius 2 is 1.67 bits per heavy atom. The lowest BCUT2D eigenvalue weighted by atomic mass is 9.95. The topological polar surface area (TPSA) is 66.0 Å². The van der Waals surface area contributed by atoms with Crippen molar-refractivity contribution in [2.45, 2.75) is 51.7 Å². The van der Waals surface area contributed by atoms with Gasteiger partial charge in [0.25, 0.3) is 5.91 Å². The van der Waals surface area contributed by atoms with E-state index in [-0.39, 0.29) is 18.0 Å². The lowest BCUT2D eigenvalue weighted by Crippen LogP contribution is -2.50. The number of pyridine rings is 1. The molecule has 0 spiro atoms. The minimum atomic E-state index is -0.486. The second-order valence-corrected chi connectivity index (χ2v) is 9.78. The molecule has 0 unspecified atom stereocenters. The molecule has 1 atom stereocenters. The van der Waals surface area contributed by atoms with Crippen molar-refractivity contribution in [1.29, 1.82) is 0 Å². The number of nitrogens with zero attached hydrogens (tertiary/aromatic N) is 4. The van der Waals surface area contributed by atoms with Crippen LogP contribution in [0.25, 0.3) is 0 Å². The van der Waals surface area contributed by atoms with Crippen LogP contribution in [0.2, 0.25) is 0 Å². The monoisotopic (exact) mass is 450 g/mol. The van der Waals surface area contributed by atoms with Gasteiger partial charge in [-0.25, -0.2) is 9.78 Å². The Bertz CT molecular complexity index is 948. The lowest BCUT2D eigenvalue weighted by molar-refractivity contribution is 0.0240. The van der Waals surface area contributed by atoms with Gasteiger partial charge in [0.05, 0.1) is 6.04 Å². The van der Waals surface area contributed by atoms with E-state index in [2.05, 4.69) is 11.0 Å². The molecule has 7 nitrogen and oxygen atoms in total. The van der Waals surface area contributed by atoms with E-state index in [1.54, 1.807) is 4.90 Å². The molecule has 7 heteroatoms. The number of aromatic nitrogens is 1. The molecule has 0 aliphatic carbocycles. The quantitative estimate of drug-likeness (QED) is 0.689. The van der Waals surface area contributed by atoms with E-state index in [0.29, 0.717) is 26.2 Å². The van der Waals surface area contributed by atoms with Crippen molar-refractivity contribution < 1.29 is 14.3 Å². The van der Waals surface area contributed by atoms with Crippen molar-refractivity contribution in [3.63, 3.8) is 0 Å². The fourth-order valence-electron chi connectivity index (χ4n) is 4.49. The van der Waals surface area contributed by atoms with Gasteiger partial charge in [0.1, 0.15) is 11.4 Å². The van der Waals surface area contributed by atoms with Crippen molar-refractivity contribution >= 4 is 17.8 Å². The summed E-state index contributed by atoms with van der Waals surface area (Å²) in [4.78, 5) is 36.1. The first-order valence-electron chi connectivity index (χ1n) is 11.9. The molecule has 0 saturated carbocycles. The van der Waals surface area contributed by atoms with Crippen LogP contribution in [0, 0.1) is 0 Å². The highest BCUT2D eigenvalue weighted by Gasteiger charge is 2.30. The summed E-state index contributed by atoms with van der Waals surface area (Å²) in [7, 11) is 0. The van der Waals surface area contributed by atoms with Crippen LogP contribution in [-0.2, 0) is 4.74 Å². The zero-order valence-corrected chi connectivity index (χ0v) is 19.9. The average Bonchev–Trinajstić information content (AvgIpc) is 2.83. The van der Waals surface area contributed by atoms with Crippen molar-refractivity contribution in [1.82, 2.24) is 14.8 Å². The third-order valence-electron chi connectivity index (χ3n) is 6.20. The van der Waals surface area contributed by atoms with Crippen LogP contribution in [0.5, 0.6) is 0 Å². The summed E-state index contributed by atoms with van der Waals surface area (Å²) in [5.41, 5.74) is 1.33. The van der Waals surface area contributed by atoms with Crippen LogP contribution in [0.4, 0.5) is 10.6 Å². The Morgan fingerprint density at radius 1 is 0.939 bits per heavy atom. The van der Waals surface area contributed by atoms with Gasteiger partial charge >= 0.3 is 6.09 Å². The SMILES string of the molecule is CC(C)(C)OC(=O)N1CCN(c2ccc([C@@H]3CCCCN3C(=O)c3ccccc3)cn2)CC1. The molecule has 2 aliphatic heterocycles. The van der Waals surface area contributed by atoms with E-state index in [0.717, 1.165) is 42.8 Å². The van der Waals surface area contributed by atoms with E-state index in [1.807, 2.05) is 68.3 Å². The first-order chi connectivity index (χ1) is 15.8. The van der Waals surface area contributed by atoms with Gasteiger partial charge in [0, 0.05) is 44.5 Å². The number of carbonyl (C=O) groups excluding carboxylic acids is 2. The van der Waals surface area contributed by atoms with E-state index in [4.69, 9.17) is 9.72 Å². The standard InChI is InChI=1S/C26H34N4O3/c1-26(2,3)33-25(32)29-17-15-28(16-18-29)23-13-12-21(19-27-23)22-11-7-8-14-30(22)24(31)20-9-5-4-6-10-20/h4-6,9-10,12-13,19,22H,7-8,11,14-18H2,1-3H3/t22-/m0/s1. The first kappa shape index (κ1) is 23.1. The minimum absolute atomic E-state index is 0.0528. The summed E-state index contributed by atoms with van der Waals surface area (Å²) < 4.78 is 5.48. The molecule has 2 saturated heterocycles. The Hall–Kier alpha value is -3.09. The molecule has 0 N–H and O–H groups in total. The molecule has 1 aromatic carbocycles. The molecular formula is C26H34N4O3. The maximum Gasteiger partial charge on any atom is 0.410 e. The normalized spacial score (nSPS) is 19.4. The van der Waals surface area contributed by atoms with Gasteiger partial charge in [-0.3, -0.25) is 4.79 Å². The molecule has 2 aromatic rings. The Kier molecular flexibility index (Phi) is 6.86. The zero-order chi connectivity index (χ0) is 23.4. The molecule has 0 bridgehead atoms. The summed E-state index contributed by atoms with van der Waals surface area (Å²) in [6.07, 6.45) is 4.75. The summed E-state index contributed by atoms with van der Waals surface area (Å²) >= 11 is 0. The van der Waals surface area contributed by atoms with Crippen LogP contribution in [-0.4, -0.2) is 65.1 Å². The number of piperazine rings is 1. The molecular weight excluding hydrogens is 416 g/mol. The first-order valence-corrected chi connectivity index (χ1v) is 11.9. The predicted molar refractivity (Wildman–Crippen MR) is 128 cm³/mol. The van der Waals surface area contributed by atoms with Crippen LogP contribution in [0.15, 0.2) is 48.7 Å². The van der Waals surface area contributed by atoms with E-state index < -0.39 is 5.60 Å². The number of benzene rings is 1. The number of hydrogen-bond acceptors (Lipinski definition) is 5. The van der Waals surface area contributed by atoms with Gasteiger partial charge in [-0.15, -0.1) is 0 Å². The molecule has 4 rings (SSSR count). The number of ether oxygens (including phenoxy) is 1. The molecule has 2 aliphatic rings. The fourth-order valence-corrected chi connectivity index (χ4v) is 4.49. The molecule has 176 valence electrons. The maximum absolute atomic E-state index is 13.1. The number of anilines is 1. The van der Waals surface area contributed by atoms with Crippen molar-refractivity contribution in [2.24, 2.45) is 0 Å². The zero-order valence-electron chi connectivity index (χ0n) is 19.9. The van der Waals surface area contributed by atoms with Crippen LogP contribution in [0.3, 0.4) is 0 Å². The number of rotatable bonds is 3. The fraction of sp³-hybridized carbons (Fsp3) is 0.500. The van der Waals surface area contributed by atoms with Gasteiger partial charge in [-0.1, -0.05) is 24.3 Å². The van der Waals surface area contributed by atoms with Crippen molar-refractivity contribution in [3.05, 3.63) is 59.8 Å². The highest BCUT2D eigenvalue weighted by atomic mass is 16.6. The van der Waals surface area contributed by atoms with Crippen LogP contribution in [0.1, 0.15) is 62.0 Å². The van der Waals surface area contributed by atoms with Gasteiger partial charge in [-0.05, 0) is 63.8 Å². The molecule has 1 aromatic heterocycles. The Morgan fingerprint density at radius 3 is 2.30 bits per heavy atom. The van der Waals surface area contributed by atoms with E-state index in [1.165, 1.54) is 0 Å².